The van der Waals surface area contributed by atoms with Gasteiger partial charge in [-0.3, -0.25) is 4.90 Å². The molecule has 0 aromatic carbocycles. The van der Waals surface area contributed by atoms with E-state index in [0.29, 0.717) is 6.04 Å². The summed E-state index contributed by atoms with van der Waals surface area (Å²) in [4.78, 5) is 6.85. The van der Waals surface area contributed by atoms with Gasteiger partial charge in [-0.15, -0.1) is 0 Å². The van der Waals surface area contributed by atoms with Gasteiger partial charge in [0.15, 0.2) is 0 Å². The molecule has 0 amide bonds. The van der Waals surface area contributed by atoms with Crippen molar-refractivity contribution in [3.63, 3.8) is 0 Å². The van der Waals surface area contributed by atoms with Crippen LogP contribution < -0.4 is 0 Å². The Morgan fingerprint density at radius 2 is 2.17 bits per heavy atom. The van der Waals surface area contributed by atoms with Gasteiger partial charge in [0, 0.05) is 19.2 Å². The molecule has 5 heteroatoms. The summed E-state index contributed by atoms with van der Waals surface area (Å²) in [5, 5.41) is 13.4. The number of aryl methyl sites for hydroxylation is 2. The molecule has 1 saturated heterocycles. The Bertz CT molecular complexity index is 377. The van der Waals surface area contributed by atoms with E-state index in [4.69, 9.17) is 5.11 Å². The van der Waals surface area contributed by atoms with Gasteiger partial charge >= 0.3 is 0 Å². The molecule has 0 unspecified atom stereocenters. The molecule has 1 aliphatic rings. The third-order valence-electron chi connectivity index (χ3n) is 3.70. The molecule has 0 aliphatic carbocycles. The molecule has 1 N–H and O–H groups in total. The number of piperidine rings is 1. The molecule has 102 valence electrons. The van der Waals surface area contributed by atoms with Crippen LogP contribution in [-0.2, 0) is 6.54 Å². The summed E-state index contributed by atoms with van der Waals surface area (Å²) in [7, 11) is 0. The van der Waals surface area contributed by atoms with Gasteiger partial charge in [0.25, 0.3) is 0 Å². The Kier molecular flexibility index (Phi) is 4.72. The zero-order chi connectivity index (χ0) is 13.0. The van der Waals surface area contributed by atoms with Crippen LogP contribution in [0.3, 0.4) is 0 Å². The minimum absolute atomic E-state index is 0.282. The highest BCUT2D eigenvalue weighted by molar-refractivity contribution is 4.89. The first kappa shape index (κ1) is 13.5. The number of aliphatic hydroxyl groups is 1. The molecule has 1 aliphatic heterocycles. The third kappa shape index (κ3) is 3.29. The second-order valence-corrected chi connectivity index (χ2v) is 5.15. The minimum Gasteiger partial charge on any atom is -0.396 e. The number of likely N-dealkylation sites (tertiary alicyclic amines) is 1. The smallest absolute Gasteiger partial charge is 0.147 e. The highest BCUT2D eigenvalue weighted by Gasteiger charge is 2.23. The first-order valence-corrected chi connectivity index (χ1v) is 6.93. The Balaban J connectivity index is 1.98. The van der Waals surface area contributed by atoms with Gasteiger partial charge in [-0.25, -0.2) is 9.67 Å². The maximum absolute atomic E-state index is 8.97. The standard InChI is InChI=1S/C13H24N4O/c1-11-14-12(2)17(15-11)10-13-6-3-4-7-16(13)8-5-9-18/h13,18H,3-10H2,1-2H3/t13-/m1/s1. The molecule has 2 rings (SSSR count). The summed E-state index contributed by atoms with van der Waals surface area (Å²) < 4.78 is 2.03. The number of hydrogen-bond acceptors (Lipinski definition) is 4. The molecule has 1 atom stereocenters. The van der Waals surface area contributed by atoms with Crippen LogP contribution in [0.25, 0.3) is 0 Å². The quantitative estimate of drug-likeness (QED) is 0.853. The molecule has 5 nitrogen and oxygen atoms in total. The highest BCUT2D eigenvalue weighted by Crippen LogP contribution is 2.19. The Labute approximate surface area is 109 Å². The largest absolute Gasteiger partial charge is 0.396 e. The molecule has 1 aromatic rings. The van der Waals surface area contributed by atoms with Crippen molar-refractivity contribution in [2.75, 3.05) is 19.7 Å². The van der Waals surface area contributed by atoms with Crippen molar-refractivity contribution in [3.8, 4) is 0 Å². The van der Waals surface area contributed by atoms with E-state index in [0.717, 1.165) is 37.7 Å². The van der Waals surface area contributed by atoms with E-state index in [1.54, 1.807) is 0 Å². The van der Waals surface area contributed by atoms with Gasteiger partial charge in [0.2, 0.25) is 0 Å². The summed E-state index contributed by atoms with van der Waals surface area (Å²) >= 11 is 0. The van der Waals surface area contributed by atoms with Gasteiger partial charge in [0.05, 0.1) is 6.54 Å². The first-order valence-electron chi connectivity index (χ1n) is 6.93. The normalized spacial score (nSPS) is 21.4. The van der Waals surface area contributed by atoms with Gasteiger partial charge < -0.3 is 5.11 Å². The summed E-state index contributed by atoms with van der Waals surface area (Å²) in [5.74, 6) is 1.85. The van der Waals surface area contributed by atoms with Crippen molar-refractivity contribution in [2.24, 2.45) is 0 Å². The lowest BCUT2D eigenvalue weighted by atomic mass is 10.0. The van der Waals surface area contributed by atoms with E-state index < -0.39 is 0 Å². The minimum atomic E-state index is 0.282. The fourth-order valence-corrected chi connectivity index (χ4v) is 2.77. The van der Waals surface area contributed by atoms with Crippen LogP contribution in [0, 0.1) is 13.8 Å². The Hall–Kier alpha value is -0.940. The van der Waals surface area contributed by atoms with Gasteiger partial charge in [-0.2, -0.15) is 5.10 Å². The van der Waals surface area contributed by atoms with Crippen LogP contribution in [0.2, 0.25) is 0 Å². The molecule has 0 radical (unpaired) electrons. The average molecular weight is 252 g/mol. The molecular weight excluding hydrogens is 228 g/mol. The molecule has 0 bridgehead atoms. The monoisotopic (exact) mass is 252 g/mol. The lowest BCUT2D eigenvalue weighted by Gasteiger charge is -2.35. The summed E-state index contributed by atoms with van der Waals surface area (Å²) in [6.45, 7) is 7.31. The maximum Gasteiger partial charge on any atom is 0.147 e. The van der Waals surface area contributed by atoms with Crippen LogP contribution in [0.1, 0.15) is 37.3 Å². The van der Waals surface area contributed by atoms with E-state index in [1.807, 2.05) is 18.5 Å². The zero-order valence-electron chi connectivity index (χ0n) is 11.5. The fourth-order valence-electron chi connectivity index (χ4n) is 2.77. The SMILES string of the molecule is Cc1nc(C)n(C[C@H]2CCCCN2CCCO)n1. The third-order valence-corrected chi connectivity index (χ3v) is 3.70. The highest BCUT2D eigenvalue weighted by atomic mass is 16.3. The van der Waals surface area contributed by atoms with Crippen LogP contribution >= 0.6 is 0 Å². The number of nitrogens with zero attached hydrogens (tertiary/aromatic N) is 4. The first-order chi connectivity index (χ1) is 8.70. The second kappa shape index (κ2) is 6.29. The van der Waals surface area contributed by atoms with Crippen molar-refractivity contribution >= 4 is 0 Å². The van der Waals surface area contributed by atoms with E-state index in [1.165, 1.54) is 19.3 Å². The molecule has 1 fully saturated rings. The number of aromatic nitrogens is 3. The van der Waals surface area contributed by atoms with Crippen molar-refractivity contribution in [1.29, 1.82) is 0 Å². The lowest BCUT2D eigenvalue weighted by Crippen LogP contribution is -2.43. The average Bonchev–Trinajstić information content (AvgIpc) is 2.67. The van der Waals surface area contributed by atoms with E-state index in [-0.39, 0.29) is 6.61 Å². The molecule has 1 aromatic heterocycles. The molecular formula is C13H24N4O. The van der Waals surface area contributed by atoms with Gasteiger partial charge in [-0.1, -0.05) is 6.42 Å². The number of rotatable bonds is 5. The predicted molar refractivity (Wildman–Crippen MR) is 70.4 cm³/mol. The van der Waals surface area contributed by atoms with Crippen LogP contribution in [-0.4, -0.2) is 50.5 Å². The Morgan fingerprint density at radius 3 is 2.83 bits per heavy atom. The molecule has 2 heterocycles. The van der Waals surface area contributed by atoms with E-state index in [9.17, 15) is 0 Å². The Morgan fingerprint density at radius 1 is 1.33 bits per heavy atom. The van der Waals surface area contributed by atoms with Crippen molar-refractivity contribution < 1.29 is 5.11 Å². The molecule has 18 heavy (non-hydrogen) atoms. The fraction of sp³-hybridized carbons (Fsp3) is 0.846. The zero-order valence-corrected chi connectivity index (χ0v) is 11.5. The van der Waals surface area contributed by atoms with Crippen molar-refractivity contribution in [2.45, 2.75) is 52.1 Å². The lowest BCUT2D eigenvalue weighted by molar-refractivity contribution is 0.118. The number of aliphatic hydroxyl groups excluding tert-OH is 1. The van der Waals surface area contributed by atoms with Crippen LogP contribution in [0.4, 0.5) is 0 Å². The summed E-state index contributed by atoms with van der Waals surface area (Å²) in [5.41, 5.74) is 0. The van der Waals surface area contributed by atoms with Crippen LogP contribution in [0.5, 0.6) is 0 Å². The van der Waals surface area contributed by atoms with Crippen molar-refractivity contribution in [3.05, 3.63) is 11.6 Å². The molecule has 0 spiro atoms. The van der Waals surface area contributed by atoms with Gasteiger partial charge in [0.1, 0.15) is 11.6 Å². The predicted octanol–water partition coefficient (Wildman–Crippen LogP) is 1.13. The maximum atomic E-state index is 8.97. The summed E-state index contributed by atoms with van der Waals surface area (Å²) in [6, 6.07) is 0.546. The topological polar surface area (TPSA) is 54.2 Å². The second-order valence-electron chi connectivity index (χ2n) is 5.15. The van der Waals surface area contributed by atoms with Gasteiger partial charge in [-0.05, 0) is 39.7 Å². The molecule has 0 saturated carbocycles. The van der Waals surface area contributed by atoms with Crippen molar-refractivity contribution in [1.82, 2.24) is 19.7 Å². The summed E-state index contributed by atoms with van der Waals surface area (Å²) in [6.07, 6.45) is 4.67. The number of hydrogen-bond donors (Lipinski definition) is 1. The van der Waals surface area contributed by atoms with E-state index >= 15 is 0 Å². The van der Waals surface area contributed by atoms with E-state index in [2.05, 4.69) is 15.0 Å². The van der Waals surface area contributed by atoms with Crippen LogP contribution in [0.15, 0.2) is 0 Å².